The van der Waals surface area contributed by atoms with E-state index < -0.39 is 46.5 Å². The Bertz CT molecular complexity index is 1150. The van der Waals surface area contributed by atoms with Crippen molar-refractivity contribution >= 4 is 36.8 Å². The number of rotatable bonds is 7. The van der Waals surface area contributed by atoms with Crippen molar-refractivity contribution in [3.8, 4) is 0 Å². The first kappa shape index (κ1) is 43.7. The molecule has 2 rings (SSSR count). The van der Waals surface area contributed by atoms with Crippen LogP contribution < -0.4 is 5.90 Å². The number of hydrogen-bond donors (Lipinski definition) is 3. The van der Waals surface area contributed by atoms with Crippen LogP contribution in [0.3, 0.4) is 0 Å². The summed E-state index contributed by atoms with van der Waals surface area (Å²) in [6, 6.07) is 5.52. The third-order valence-electron chi connectivity index (χ3n) is 5.19. The van der Waals surface area contributed by atoms with Gasteiger partial charge in [-0.2, -0.15) is 26.3 Å². The molecule has 0 aliphatic carbocycles. The summed E-state index contributed by atoms with van der Waals surface area (Å²) in [5.74, 6) is 1.33. The van der Waals surface area contributed by atoms with E-state index in [1.54, 1.807) is 0 Å². The number of carbonyl (C=O) groups excluding carboxylic acids is 3. The standard InChI is InChI=1S/C10H8F3NO3.C10H7F3O3.C6H15N.ClH.H3NO/c1-17-9(15)7-3-2-6(5-14-16)4-8(7)10(11,12)13;1-16-9(15)7-3-2-6(5-14)4-8(7)10(11,12)13;1-4-7(5-2)6-3;;1-2/h2-5,16H,1H3;2-5H,1H3;4-6H2,1-3H3;1H;2H,1H2/b14-5+;;;;. The predicted octanol–water partition coefficient (Wildman–Crippen LogP) is 5.71. The van der Waals surface area contributed by atoms with Gasteiger partial charge in [-0.25, -0.2) is 15.5 Å². The molecular weight excluding hydrogens is 616 g/mol. The van der Waals surface area contributed by atoms with Gasteiger partial charge in [-0.1, -0.05) is 38.1 Å². The third kappa shape index (κ3) is 15.3. The third-order valence-corrected chi connectivity index (χ3v) is 5.19. The molecule has 0 aliphatic heterocycles. The van der Waals surface area contributed by atoms with Crippen molar-refractivity contribution in [1.29, 1.82) is 0 Å². The van der Waals surface area contributed by atoms with E-state index in [1.807, 2.05) is 0 Å². The number of nitrogens with zero attached hydrogens (tertiary/aromatic N) is 2. The fourth-order valence-electron chi connectivity index (χ4n) is 3.06. The highest BCUT2D eigenvalue weighted by Gasteiger charge is 2.36. The van der Waals surface area contributed by atoms with Gasteiger partial charge in [0.1, 0.15) is 6.29 Å². The molecule has 2 aromatic rings. The summed E-state index contributed by atoms with van der Waals surface area (Å²) in [6.45, 7) is 10.1. The van der Waals surface area contributed by atoms with Gasteiger partial charge in [-0.05, 0) is 49.5 Å². The molecular formula is C26H34ClF6N3O7. The molecule has 43 heavy (non-hydrogen) atoms. The minimum Gasteiger partial charge on any atom is -0.465 e. The largest absolute Gasteiger partial charge is 0.465 e. The van der Waals surface area contributed by atoms with Gasteiger partial charge in [0.25, 0.3) is 0 Å². The molecule has 0 saturated heterocycles. The number of esters is 2. The van der Waals surface area contributed by atoms with Crippen LogP contribution in [0.2, 0.25) is 0 Å². The number of halogens is 7. The zero-order chi connectivity index (χ0) is 33.1. The Morgan fingerprint density at radius 3 is 1.42 bits per heavy atom. The lowest BCUT2D eigenvalue weighted by molar-refractivity contribution is -0.138. The Balaban J connectivity index is -0.000000575. The highest BCUT2D eigenvalue weighted by molar-refractivity contribution is 5.93. The van der Waals surface area contributed by atoms with E-state index in [-0.39, 0.29) is 29.8 Å². The molecule has 244 valence electrons. The Morgan fingerprint density at radius 2 is 1.16 bits per heavy atom. The maximum atomic E-state index is 12.7. The summed E-state index contributed by atoms with van der Waals surface area (Å²) in [7, 11) is 1.97. The van der Waals surface area contributed by atoms with E-state index in [0.29, 0.717) is 12.1 Å². The topological polar surface area (TPSA) is 152 Å². The van der Waals surface area contributed by atoms with E-state index in [4.69, 9.17) is 10.4 Å². The second kappa shape index (κ2) is 21.9. The van der Waals surface area contributed by atoms with Crippen LogP contribution in [-0.4, -0.2) is 73.6 Å². The average molecular weight is 650 g/mol. The first-order valence-electron chi connectivity index (χ1n) is 11.8. The first-order valence-corrected chi connectivity index (χ1v) is 11.8. The molecule has 2 aromatic carbocycles. The summed E-state index contributed by atoms with van der Waals surface area (Å²) in [5, 5.41) is 17.3. The predicted molar refractivity (Wildman–Crippen MR) is 147 cm³/mol. The van der Waals surface area contributed by atoms with E-state index in [2.05, 4.69) is 46.2 Å². The number of oxime groups is 1. The number of hydrogen-bond acceptors (Lipinski definition) is 10. The van der Waals surface area contributed by atoms with Crippen LogP contribution in [0.15, 0.2) is 41.6 Å². The maximum absolute atomic E-state index is 12.7. The van der Waals surface area contributed by atoms with Crippen LogP contribution >= 0.6 is 12.4 Å². The molecule has 0 spiro atoms. The van der Waals surface area contributed by atoms with Crippen LogP contribution in [0.5, 0.6) is 0 Å². The van der Waals surface area contributed by atoms with E-state index in [0.717, 1.165) is 38.6 Å². The van der Waals surface area contributed by atoms with Crippen molar-refractivity contribution in [3.63, 3.8) is 0 Å². The lowest BCUT2D eigenvalue weighted by Crippen LogP contribution is -2.21. The molecule has 0 aliphatic rings. The second-order valence-corrected chi connectivity index (χ2v) is 7.57. The lowest BCUT2D eigenvalue weighted by Gasteiger charge is -2.13. The maximum Gasteiger partial charge on any atom is 0.417 e. The zero-order valence-electron chi connectivity index (χ0n) is 23.8. The van der Waals surface area contributed by atoms with Crippen LogP contribution in [0.1, 0.15) is 68.5 Å². The van der Waals surface area contributed by atoms with Crippen molar-refractivity contribution in [2.24, 2.45) is 11.1 Å². The smallest absolute Gasteiger partial charge is 0.417 e. The molecule has 17 heteroatoms. The minimum absolute atomic E-state index is 0. The van der Waals surface area contributed by atoms with Gasteiger partial charge in [-0.3, -0.25) is 4.79 Å². The SMILES string of the molecule is CCN(CC)CC.COC(=O)c1ccc(/C=N/O)cc1C(F)(F)F.COC(=O)c1ccc(C=O)cc1C(F)(F)F.Cl.NO. The monoisotopic (exact) mass is 649 g/mol. The minimum atomic E-state index is -4.71. The van der Waals surface area contributed by atoms with Gasteiger partial charge in [0.2, 0.25) is 0 Å². The molecule has 0 fully saturated rings. The molecule has 0 amide bonds. The normalized spacial score (nSPS) is 10.6. The molecule has 0 saturated carbocycles. The van der Waals surface area contributed by atoms with Gasteiger partial charge in [-0.15, -0.1) is 12.4 Å². The number of benzene rings is 2. The fraction of sp³-hybridized carbons (Fsp3) is 0.385. The zero-order valence-corrected chi connectivity index (χ0v) is 24.6. The molecule has 4 N–H and O–H groups in total. The molecule has 0 aromatic heterocycles. The number of nitrogens with two attached hydrogens (primary N) is 1. The van der Waals surface area contributed by atoms with Crippen molar-refractivity contribution in [2.75, 3.05) is 33.9 Å². The Hall–Kier alpha value is -3.73. The quantitative estimate of drug-likeness (QED) is 0.0855. The van der Waals surface area contributed by atoms with Crippen molar-refractivity contribution in [3.05, 3.63) is 69.8 Å². The van der Waals surface area contributed by atoms with Crippen LogP contribution in [-0.2, 0) is 21.8 Å². The van der Waals surface area contributed by atoms with Gasteiger partial charge in [0.15, 0.2) is 0 Å². The number of carbonyl (C=O) groups is 3. The second-order valence-electron chi connectivity index (χ2n) is 7.57. The molecule has 10 nitrogen and oxygen atoms in total. The van der Waals surface area contributed by atoms with E-state index in [9.17, 15) is 40.7 Å². The van der Waals surface area contributed by atoms with Crippen molar-refractivity contribution < 1.29 is 60.6 Å². The van der Waals surface area contributed by atoms with Crippen molar-refractivity contribution in [1.82, 2.24) is 4.90 Å². The Kier molecular flexibility index (Phi) is 22.3. The number of methoxy groups -OCH3 is 2. The molecule has 0 bridgehead atoms. The highest BCUT2D eigenvalue weighted by atomic mass is 35.5. The van der Waals surface area contributed by atoms with Crippen molar-refractivity contribution in [2.45, 2.75) is 33.1 Å². The van der Waals surface area contributed by atoms with Gasteiger partial charge >= 0.3 is 24.3 Å². The molecule has 0 atom stereocenters. The summed E-state index contributed by atoms with van der Waals surface area (Å²) in [6.07, 6.45) is -8.29. The van der Waals surface area contributed by atoms with Crippen LogP contribution in [0, 0.1) is 0 Å². The van der Waals surface area contributed by atoms with Gasteiger partial charge in [0, 0.05) is 5.56 Å². The average Bonchev–Trinajstić information content (AvgIpc) is 2.98. The summed E-state index contributed by atoms with van der Waals surface area (Å²) in [5.41, 5.74) is -3.64. The number of aldehydes is 1. The Morgan fingerprint density at radius 1 is 0.814 bits per heavy atom. The van der Waals surface area contributed by atoms with Gasteiger partial charge < -0.3 is 24.8 Å². The summed E-state index contributed by atoms with van der Waals surface area (Å²) in [4.78, 5) is 34.9. The molecule has 0 heterocycles. The first-order chi connectivity index (χ1) is 19.6. The van der Waals surface area contributed by atoms with Gasteiger partial charge in [0.05, 0.1) is 42.7 Å². The van der Waals surface area contributed by atoms with Crippen LogP contribution in [0.4, 0.5) is 26.3 Å². The summed E-state index contributed by atoms with van der Waals surface area (Å²) < 4.78 is 84.0. The highest BCUT2D eigenvalue weighted by Crippen LogP contribution is 2.33. The fourth-order valence-corrected chi connectivity index (χ4v) is 3.06. The van der Waals surface area contributed by atoms with Crippen LogP contribution in [0.25, 0.3) is 0 Å². The lowest BCUT2D eigenvalue weighted by atomic mass is 10.0. The number of alkyl halides is 6. The molecule has 0 unspecified atom stereocenters. The van der Waals surface area contributed by atoms with E-state index >= 15 is 0 Å². The number of ether oxygens (including phenoxy) is 2. The van der Waals surface area contributed by atoms with E-state index in [1.165, 1.54) is 25.7 Å². The molecule has 0 radical (unpaired) electrons. The summed E-state index contributed by atoms with van der Waals surface area (Å²) >= 11 is 0. The Labute approximate surface area is 250 Å².